The number of aromatic nitrogens is 1. The van der Waals surface area contributed by atoms with Crippen molar-refractivity contribution in [3.05, 3.63) is 30.0 Å². The molecule has 86 valence electrons. The van der Waals surface area contributed by atoms with Crippen molar-refractivity contribution in [2.75, 3.05) is 6.54 Å². The molecule has 1 heterocycles. The van der Waals surface area contributed by atoms with E-state index in [2.05, 4.69) is 24.5 Å². The minimum absolute atomic E-state index is 0.312. The summed E-state index contributed by atoms with van der Waals surface area (Å²) in [6.45, 7) is 4.93. The number of phenolic OH excluding ortho intramolecular Hbond substituents is 1. The number of rotatable bonds is 3. The summed E-state index contributed by atoms with van der Waals surface area (Å²) in [4.78, 5) is 0. The maximum Gasteiger partial charge on any atom is 0.117 e. The molecule has 3 N–H and O–H groups in total. The first-order valence-corrected chi connectivity index (χ1v) is 5.66. The van der Waals surface area contributed by atoms with Gasteiger partial charge in [-0.05, 0) is 45.0 Å². The maximum atomic E-state index is 9.54. The maximum absolute atomic E-state index is 9.54. The summed E-state index contributed by atoms with van der Waals surface area (Å²) < 4.78 is 2.24. The van der Waals surface area contributed by atoms with Gasteiger partial charge in [-0.1, -0.05) is 0 Å². The molecule has 0 amide bonds. The van der Waals surface area contributed by atoms with Gasteiger partial charge in [-0.2, -0.15) is 0 Å². The van der Waals surface area contributed by atoms with E-state index in [1.54, 1.807) is 6.07 Å². The molecule has 0 saturated carbocycles. The molecule has 0 aliphatic heterocycles. The summed E-state index contributed by atoms with van der Waals surface area (Å²) in [6.07, 6.45) is 0.869. The highest BCUT2D eigenvalue weighted by Crippen LogP contribution is 2.27. The molecule has 1 aromatic carbocycles. The predicted molar refractivity (Wildman–Crippen MR) is 66.7 cm³/mol. The lowest BCUT2D eigenvalue weighted by atomic mass is 10.2. The number of hydrogen-bond donors (Lipinski definition) is 2. The molecule has 0 spiro atoms. The fraction of sp³-hybridized carbons (Fsp3) is 0.385. The lowest BCUT2D eigenvalue weighted by Crippen LogP contribution is -2.10. The van der Waals surface area contributed by atoms with Crippen LogP contribution in [0.2, 0.25) is 0 Å². The van der Waals surface area contributed by atoms with Crippen LogP contribution in [-0.2, 0) is 6.42 Å². The highest BCUT2D eigenvalue weighted by atomic mass is 16.3. The zero-order valence-electron chi connectivity index (χ0n) is 9.77. The van der Waals surface area contributed by atoms with E-state index in [-0.39, 0.29) is 0 Å². The van der Waals surface area contributed by atoms with Crippen molar-refractivity contribution >= 4 is 10.9 Å². The Morgan fingerprint density at radius 3 is 2.69 bits per heavy atom. The standard InChI is InChI=1S/C13H18N2O/c1-9(2)15-11(5-6-14)7-10-3-4-12(16)8-13(10)15/h3-4,7-9,16H,5-6,14H2,1-2H3. The van der Waals surface area contributed by atoms with Gasteiger partial charge in [0.05, 0.1) is 5.52 Å². The van der Waals surface area contributed by atoms with E-state index in [1.807, 2.05) is 12.1 Å². The van der Waals surface area contributed by atoms with Crippen LogP contribution in [0.15, 0.2) is 24.3 Å². The Bertz CT molecular complexity index is 500. The Balaban J connectivity index is 2.67. The first-order valence-electron chi connectivity index (χ1n) is 5.66. The van der Waals surface area contributed by atoms with Gasteiger partial charge in [-0.3, -0.25) is 0 Å². The van der Waals surface area contributed by atoms with Gasteiger partial charge in [0.2, 0.25) is 0 Å². The van der Waals surface area contributed by atoms with Crippen molar-refractivity contribution < 1.29 is 5.11 Å². The highest BCUT2D eigenvalue weighted by molar-refractivity contribution is 5.83. The van der Waals surface area contributed by atoms with E-state index in [9.17, 15) is 5.11 Å². The zero-order valence-corrected chi connectivity index (χ0v) is 9.77. The average Bonchev–Trinajstić information content (AvgIpc) is 2.55. The number of fused-ring (bicyclic) bond motifs is 1. The molecule has 0 unspecified atom stereocenters. The Morgan fingerprint density at radius 2 is 2.06 bits per heavy atom. The van der Waals surface area contributed by atoms with Crippen LogP contribution < -0.4 is 5.73 Å². The van der Waals surface area contributed by atoms with Crippen LogP contribution in [0, 0.1) is 0 Å². The SMILES string of the molecule is CC(C)n1c(CCN)cc2ccc(O)cc21. The number of benzene rings is 1. The third kappa shape index (κ3) is 1.78. The fourth-order valence-electron chi connectivity index (χ4n) is 2.22. The lowest BCUT2D eigenvalue weighted by Gasteiger charge is -2.14. The van der Waals surface area contributed by atoms with Gasteiger partial charge in [0.15, 0.2) is 0 Å². The van der Waals surface area contributed by atoms with Crippen LogP contribution in [0.3, 0.4) is 0 Å². The van der Waals surface area contributed by atoms with Crippen molar-refractivity contribution in [3.8, 4) is 5.75 Å². The highest BCUT2D eigenvalue weighted by Gasteiger charge is 2.11. The molecule has 16 heavy (non-hydrogen) atoms. The van der Waals surface area contributed by atoms with Crippen LogP contribution in [0.4, 0.5) is 0 Å². The van der Waals surface area contributed by atoms with Crippen LogP contribution in [0.1, 0.15) is 25.6 Å². The summed E-state index contributed by atoms with van der Waals surface area (Å²) in [6, 6.07) is 8.01. The largest absolute Gasteiger partial charge is 0.508 e. The van der Waals surface area contributed by atoms with E-state index in [0.717, 1.165) is 17.3 Å². The van der Waals surface area contributed by atoms with E-state index in [0.29, 0.717) is 18.3 Å². The molecular weight excluding hydrogens is 200 g/mol. The normalized spacial score (nSPS) is 11.5. The van der Waals surface area contributed by atoms with E-state index < -0.39 is 0 Å². The summed E-state index contributed by atoms with van der Waals surface area (Å²) >= 11 is 0. The molecule has 3 heteroatoms. The number of nitrogens with two attached hydrogens (primary N) is 1. The summed E-state index contributed by atoms with van der Waals surface area (Å²) in [5.74, 6) is 0.312. The van der Waals surface area contributed by atoms with Crippen LogP contribution in [0.5, 0.6) is 5.75 Å². The minimum atomic E-state index is 0.312. The Labute approximate surface area is 95.5 Å². The molecule has 0 aliphatic carbocycles. The molecule has 0 fully saturated rings. The molecule has 2 rings (SSSR count). The monoisotopic (exact) mass is 218 g/mol. The summed E-state index contributed by atoms with van der Waals surface area (Å²) in [5.41, 5.74) is 7.93. The summed E-state index contributed by atoms with van der Waals surface area (Å²) in [7, 11) is 0. The van der Waals surface area contributed by atoms with Gasteiger partial charge in [0.1, 0.15) is 5.75 Å². The summed E-state index contributed by atoms with van der Waals surface area (Å²) in [5, 5.41) is 10.7. The van der Waals surface area contributed by atoms with Gasteiger partial charge in [0, 0.05) is 23.2 Å². The second kappa shape index (κ2) is 4.18. The van der Waals surface area contributed by atoms with Gasteiger partial charge < -0.3 is 15.4 Å². The van der Waals surface area contributed by atoms with Gasteiger partial charge in [-0.15, -0.1) is 0 Å². The number of phenols is 1. The van der Waals surface area contributed by atoms with Gasteiger partial charge in [-0.25, -0.2) is 0 Å². The molecule has 0 bridgehead atoms. The first kappa shape index (κ1) is 11.0. The lowest BCUT2D eigenvalue weighted by molar-refractivity contribution is 0.475. The van der Waals surface area contributed by atoms with Crippen LogP contribution in [0.25, 0.3) is 10.9 Å². The van der Waals surface area contributed by atoms with Crippen LogP contribution >= 0.6 is 0 Å². The third-order valence-corrected chi connectivity index (χ3v) is 2.82. The average molecular weight is 218 g/mol. The molecule has 2 aromatic rings. The Hall–Kier alpha value is -1.48. The second-order valence-corrected chi connectivity index (χ2v) is 4.38. The second-order valence-electron chi connectivity index (χ2n) is 4.38. The molecule has 0 saturated heterocycles. The topological polar surface area (TPSA) is 51.2 Å². The Morgan fingerprint density at radius 1 is 1.31 bits per heavy atom. The van der Waals surface area contributed by atoms with Crippen molar-refractivity contribution in [1.29, 1.82) is 0 Å². The van der Waals surface area contributed by atoms with Crippen LogP contribution in [-0.4, -0.2) is 16.2 Å². The number of nitrogens with zero attached hydrogens (tertiary/aromatic N) is 1. The minimum Gasteiger partial charge on any atom is -0.508 e. The van der Waals surface area contributed by atoms with Crippen molar-refractivity contribution in [2.24, 2.45) is 5.73 Å². The van der Waals surface area contributed by atoms with E-state index in [4.69, 9.17) is 5.73 Å². The molecular formula is C13H18N2O. The molecule has 1 aromatic heterocycles. The van der Waals surface area contributed by atoms with Crippen molar-refractivity contribution in [1.82, 2.24) is 4.57 Å². The van der Waals surface area contributed by atoms with Crippen molar-refractivity contribution in [2.45, 2.75) is 26.3 Å². The third-order valence-electron chi connectivity index (χ3n) is 2.82. The quantitative estimate of drug-likeness (QED) is 0.831. The molecule has 0 radical (unpaired) electrons. The zero-order chi connectivity index (χ0) is 11.7. The molecule has 0 atom stereocenters. The number of aromatic hydroxyl groups is 1. The molecule has 0 aliphatic rings. The van der Waals surface area contributed by atoms with E-state index >= 15 is 0 Å². The van der Waals surface area contributed by atoms with Gasteiger partial charge in [0.25, 0.3) is 0 Å². The van der Waals surface area contributed by atoms with Gasteiger partial charge >= 0.3 is 0 Å². The Kier molecular flexibility index (Phi) is 2.88. The smallest absolute Gasteiger partial charge is 0.117 e. The number of hydrogen-bond acceptors (Lipinski definition) is 2. The first-order chi connectivity index (χ1) is 7.63. The fourth-order valence-corrected chi connectivity index (χ4v) is 2.22. The van der Waals surface area contributed by atoms with Crippen molar-refractivity contribution in [3.63, 3.8) is 0 Å². The predicted octanol–water partition coefficient (Wildman–Crippen LogP) is 2.43. The van der Waals surface area contributed by atoms with E-state index in [1.165, 1.54) is 5.69 Å². The molecule has 3 nitrogen and oxygen atoms in total.